The molecule has 142 valence electrons. The SMILES string of the molecule is CCOC(=O)[C@H](C(N)=O)c1nc2ccccc2nc1/C=C(\O)c1ccccc1. The van der Waals surface area contributed by atoms with Crippen LogP contribution in [0.5, 0.6) is 0 Å². The molecule has 0 spiro atoms. The second-order valence-electron chi connectivity index (χ2n) is 5.97. The predicted octanol–water partition coefficient (Wildman–Crippen LogP) is 2.82. The summed E-state index contributed by atoms with van der Waals surface area (Å²) in [6.45, 7) is 1.72. The monoisotopic (exact) mass is 377 g/mol. The van der Waals surface area contributed by atoms with Crippen LogP contribution in [0.15, 0.2) is 54.6 Å². The Labute approximate surface area is 161 Å². The number of rotatable bonds is 6. The molecular formula is C21H19N3O4. The van der Waals surface area contributed by atoms with E-state index >= 15 is 0 Å². The molecule has 2 aromatic carbocycles. The third-order valence-electron chi connectivity index (χ3n) is 4.05. The summed E-state index contributed by atoms with van der Waals surface area (Å²) in [6.07, 6.45) is 1.36. The van der Waals surface area contributed by atoms with Gasteiger partial charge in [0.2, 0.25) is 5.91 Å². The molecule has 7 heteroatoms. The number of hydrogen-bond acceptors (Lipinski definition) is 6. The number of primary amides is 1. The minimum atomic E-state index is -1.44. The van der Waals surface area contributed by atoms with Crippen LogP contribution in [0.2, 0.25) is 0 Å². The summed E-state index contributed by atoms with van der Waals surface area (Å²) in [4.78, 5) is 33.3. The average molecular weight is 377 g/mol. The molecule has 7 nitrogen and oxygen atoms in total. The average Bonchev–Trinajstić information content (AvgIpc) is 2.69. The van der Waals surface area contributed by atoms with E-state index in [1.54, 1.807) is 55.5 Å². The molecule has 1 heterocycles. The lowest BCUT2D eigenvalue weighted by molar-refractivity contribution is -0.147. The van der Waals surface area contributed by atoms with Gasteiger partial charge in [-0.05, 0) is 19.1 Å². The van der Waals surface area contributed by atoms with Gasteiger partial charge in [0.15, 0.2) is 5.92 Å². The number of fused-ring (bicyclic) bond motifs is 1. The van der Waals surface area contributed by atoms with Crippen molar-refractivity contribution >= 4 is 34.7 Å². The highest BCUT2D eigenvalue weighted by Gasteiger charge is 2.32. The van der Waals surface area contributed by atoms with Gasteiger partial charge in [0.25, 0.3) is 0 Å². The number of aliphatic hydroxyl groups is 1. The maximum Gasteiger partial charge on any atom is 0.324 e. The first kappa shape index (κ1) is 19.0. The molecule has 0 saturated heterocycles. The van der Waals surface area contributed by atoms with Crippen molar-refractivity contribution in [1.29, 1.82) is 0 Å². The van der Waals surface area contributed by atoms with Crippen LogP contribution in [0.25, 0.3) is 22.9 Å². The van der Waals surface area contributed by atoms with E-state index in [2.05, 4.69) is 9.97 Å². The molecule has 3 N–H and O–H groups in total. The third kappa shape index (κ3) is 3.98. The van der Waals surface area contributed by atoms with Crippen molar-refractivity contribution in [2.75, 3.05) is 6.61 Å². The zero-order valence-corrected chi connectivity index (χ0v) is 15.2. The number of para-hydroxylation sites is 2. The van der Waals surface area contributed by atoms with E-state index in [-0.39, 0.29) is 23.8 Å². The number of ether oxygens (including phenoxy) is 1. The first-order chi connectivity index (χ1) is 13.5. The molecule has 0 aliphatic carbocycles. The Morgan fingerprint density at radius 2 is 1.68 bits per heavy atom. The Kier molecular flexibility index (Phi) is 5.64. The van der Waals surface area contributed by atoms with Gasteiger partial charge in [0.05, 0.1) is 29.0 Å². The minimum Gasteiger partial charge on any atom is -0.507 e. The van der Waals surface area contributed by atoms with Gasteiger partial charge in [-0.1, -0.05) is 42.5 Å². The first-order valence-electron chi connectivity index (χ1n) is 8.70. The standard InChI is InChI=1S/C21H19N3O4/c1-2-28-21(27)18(20(22)26)19-16(12-17(25)13-8-4-3-5-9-13)23-14-10-6-7-11-15(14)24-19/h3-12,18,25H,2H2,1H3,(H2,22,26)/b17-12-/t18-/m0/s1. The summed E-state index contributed by atoms with van der Waals surface area (Å²) in [5.41, 5.74) is 7.25. The van der Waals surface area contributed by atoms with E-state index in [4.69, 9.17) is 10.5 Å². The highest BCUT2D eigenvalue weighted by molar-refractivity contribution is 6.03. The number of carbonyl (C=O) groups is 2. The predicted molar refractivity (Wildman–Crippen MR) is 105 cm³/mol. The molecule has 0 radical (unpaired) electrons. The van der Waals surface area contributed by atoms with Gasteiger partial charge >= 0.3 is 5.97 Å². The van der Waals surface area contributed by atoms with Gasteiger partial charge in [0, 0.05) is 11.6 Å². The molecule has 0 aliphatic heterocycles. The van der Waals surface area contributed by atoms with Crippen LogP contribution in [-0.4, -0.2) is 33.6 Å². The van der Waals surface area contributed by atoms with Gasteiger partial charge in [0.1, 0.15) is 5.76 Å². The van der Waals surface area contributed by atoms with E-state index in [1.807, 2.05) is 6.07 Å². The fourth-order valence-corrected chi connectivity index (χ4v) is 2.76. The lowest BCUT2D eigenvalue weighted by Gasteiger charge is -2.15. The number of aliphatic hydroxyl groups excluding tert-OH is 1. The third-order valence-corrected chi connectivity index (χ3v) is 4.05. The number of amides is 1. The van der Waals surface area contributed by atoms with Crippen molar-refractivity contribution < 1.29 is 19.4 Å². The first-order valence-corrected chi connectivity index (χ1v) is 8.70. The van der Waals surface area contributed by atoms with Crippen LogP contribution >= 0.6 is 0 Å². The number of hydrogen-bond donors (Lipinski definition) is 2. The molecule has 28 heavy (non-hydrogen) atoms. The number of esters is 1. The lowest BCUT2D eigenvalue weighted by atomic mass is 10.0. The van der Waals surface area contributed by atoms with Crippen molar-refractivity contribution in [1.82, 2.24) is 9.97 Å². The fraction of sp³-hybridized carbons (Fsp3) is 0.143. The molecule has 0 bridgehead atoms. The Morgan fingerprint density at radius 1 is 1.07 bits per heavy atom. The van der Waals surface area contributed by atoms with Crippen molar-refractivity contribution in [2.45, 2.75) is 12.8 Å². The Balaban J connectivity index is 2.21. The smallest absolute Gasteiger partial charge is 0.324 e. The highest BCUT2D eigenvalue weighted by Crippen LogP contribution is 2.25. The Bertz CT molecular complexity index is 1050. The molecule has 0 unspecified atom stereocenters. The van der Waals surface area contributed by atoms with E-state index in [0.717, 1.165) is 0 Å². The Hall–Kier alpha value is -3.74. The summed E-state index contributed by atoms with van der Waals surface area (Å²) in [5, 5.41) is 10.5. The van der Waals surface area contributed by atoms with Crippen LogP contribution < -0.4 is 5.73 Å². The van der Waals surface area contributed by atoms with E-state index in [9.17, 15) is 14.7 Å². The van der Waals surface area contributed by atoms with Gasteiger partial charge in [-0.2, -0.15) is 0 Å². The Morgan fingerprint density at radius 3 is 2.29 bits per heavy atom. The van der Waals surface area contributed by atoms with E-state index < -0.39 is 17.8 Å². The normalized spacial score (nSPS) is 12.5. The van der Waals surface area contributed by atoms with Crippen molar-refractivity contribution in [2.24, 2.45) is 5.73 Å². The summed E-state index contributed by atoms with van der Waals surface area (Å²) in [6, 6.07) is 15.8. The number of nitrogens with zero attached hydrogens (tertiary/aromatic N) is 2. The quantitative estimate of drug-likeness (QED) is 0.388. The second kappa shape index (κ2) is 8.30. The lowest BCUT2D eigenvalue weighted by Crippen LogP contribution is -2.31. The van der Waals surface area contributed by atoms with Crippen molar-refractivity contribution in [3.63, 3.8) is 0 Å². The maximum atomic E-state index is 12.4. The number of nitrogens with two attached hydrogens (primary N) is 1. The molecule has 0 saturated carbocycles. The molecule has 0 fully saturated rings. The van der Waals surface area contributed by atoms with Crippen LogP contribution in [0.4, 0.5) is 0 Å². The molecular weight excluding hydrogens is 358 g/mol. The zero-order chi connectivity index (χ0) is 20.1. The largest absolute Gasteiger partial charge is 0.507 e. The molecule has 3 aromatic rings. The molecule has 1 atom stereocenters. The van der Waals surface area contributed by atoms with Crippen LogP contribution in [0, 0.1) is 0 Å². The second-order valence-corrected chi connectivity index (χ2v) is 5.97. The number of carbonyl (C=O) groups excluding carboxylic acids is 2. The number of aromatic nitrogens is 2. The zero-order valence-electron chi connectivity index (χ0n) is 15.2. The summed E-state index contributed by atoms with van der Waals surface area (Å²) in [7, 11) is 0. The van der Waals surface area contributed by atoms with Gasteiger partial charge in [-0.15, -0.1) is 0 Å². The number of benzene rings is 2. The van der Waals surface area contributed by atoms with Gasteiger partial charge < -0.3 is 15.6 Å². The van der Waals surface area contributed by atoms with Crippen LogP contribution in [0.3, 0.4) is 0 Å². The van der Waals surface area contributed by atoms with Gasteiger partial charge in [-0.3, -0.25) is 9.59 Å². The van der Waals surface area contributed by atoms with Crippen molar-refractivity contribution in [3.05, 3.63) is 71.5 Å². The molecule has 0 aliphatic rings. The highest BCUT2D eigenvalue weighted by atomic mass is 16.5. The van der Waals surface area contributed by atoms with Crippen LogP contribution in [-0.2, 0) is 14.3 Å². The fourth-order valence-electron chi connectivity index (χ4n) is 2.76. The minimum absolute atomic E-state index is 0.0344. The van der Waals surface area contributed by atoms with Gasteiger partial charge in [-0.25, -0.2) is 9.97 Å². The molecule has 1 amide bonds. The van der Waals surface area contributed by atoms with E-state index in [1.165, 1.54) is 6.08 Å². The molecule has 1 aromatic heterocycles. The topological polar surface area (TPSA) is 115 Å². The summed E-state index contributed by atoms with van der Waals surface area (Å²) in [5.74, 6) is -3.24. The van der Waals surface area contributed by atoms with Crippen molar-refractivity contribution in [3.8, 4) is 0 Å². The van der Waals surface area contributed by atoms with E-state index in [0.29, 0.717) is 16.6 Å². The maximum absolute atomic E-state index is 12.4. The summed E-state index contributed by atoms with van der Waals surface area (Å²) >= 11 is 0. The summed E-state index contributed by atoms with van der Waals surface area (Å²) < 4.78 is 4.99. The van der Waals surface area contributed by atoms with Crippen LogP contribution in [0.1, 0.15) is 29.8 Å². The molecule has 3 rings (SSSR count).